The third-order valence-electron chi connectivity index (χ3n) is 3.79. The predicted molar refractivity (Wildman–Crippen MR) is 84.8 cm³/mol. The SMILES string of the molecule is CNC(c1ccc(F)c(Cl)c1)c1ccc(C)c(C)c1OC. The lowest BCUT2D eigenvalue weighted by Gasteiger charge is -2.22. The van der Waals surface area contributed by atoms with Gasteiger partial charge in [0.25, 0.3) is 0 Å². The first-order chi connectivity index (χ1) is 9.99. The van der Waals surface area contributed by atoms with E-state index < -0.39 is 5.82 Å². The van der Waals surface area contributed by atoms with Gasteiger partial charge < -0.3 is 10.1 Å². The molecule has 0 saturated carbocycles. The lowest BCUT2D eigenvalue weighted by molar-refractivity contribution is 0.402. The van der Waals surface area contributed by atoms with Gasteiger partial charge in [-0.15, -0.1) is 0 Å². The fraction of sp³-hybridized carbons (Fsp3) is 0.294. The second kappa shape index (κ2) is 6.46. The smallest absolute Gasteiger partial charge is 0.141 e. The van der Waals surface area contributed by atoms with Gasteiger partial charge in [-0.05, 0) is 49.7 Å². The van der Waals surface area contributed by atoms with Crippen molar-refractivity contribution in [1.29, 1.82) is 0 Å². The molecule has 2 aromatic carbocycles. The molecule has 4 heteroatoms. The molecule has 0 amide bonds. The lowest BCUT2D eigenvalue weighted by atomic mass is 9.94. The van der Waals surface area contributed by atoms with Crippen LogP contribution in [0.2, 0.25) is 5.02 Å². The van der Waals surface area contributed by atoms with Crippen molar-refractivity contribution in [1.82, 2.24) is 5.32 Å². The van der Waals surface area contributed by atoms with Crippen molar-refractivity contribution in [2.45, 2.75) is 19.9 Å². The third kappa shape index (κ3) is 3.04. The summed E-state index contributed by atoms with van der Waals surface area (Å²) < 4.78 is 18.9. The Kier molecular flexibility index (Phi) is 4.86. The number of methoxy groups -OCH3 is 1. The highest BCUT2D eigenvalue weighted by atomic mass is 35.5. The van der Waals surface area contributed by atoms with E-state index in [4.69, 9.17) is 16.3 Å². The van der Waals surface area contributed by atoms with Crippen LogP contribution in [0.15, 0.2) is 30.3 Å². The van der Waals surface area contributed by atoms with Gasteiger partial charge in [0.1, 0.15) is 11.6 Å². The maximum absolute atomic E-state index is 13.4. The van der Waals surface area contributed by atoms with Gasteiger partial charge >= 0.3 is 0 Å². The summed E-state index contributed by atoms with van der Waals surface area (Å²) in [6.07, 6.45) is 0. The highest BCUT2D eigenvalue weighted by Crippen LogP contribution is 2.34. The summed E-state index contributed by atoms with van der Waals surface area (Å²) in [5, 5.41) is 3.36. The molecule has 21 heavy (non-hydrogen) atoms. The summed E-state index contributed by atoms with van der Waals surface area (Å²) >= 11 is 5.90. The Morgan fingerprint density at radius 2 is 1.90 bits per heavy atom. The molecule has 0 aromatic heterocycles. The molecule has 2 nitrogen and oxygen atoms in total. The molecule has 1 atom stereocenters. The van der Waals surface area contributed by atoms with Crippen LogP contribution in [0.25, 0.3) is 0 Å². The second-order valence-corrected chi connectivity index (χ2v) is 5.43. The number of hydrogen-bond donors (Lipinski definition) is 1. The minimum absolute atomic E-state index is 0.114. The van der Waals surface area contributed by atoms with E-state index in [9.17, 15) is 4.39 Å². The fourth-order valence-corrected chi connectivity index (χ4v) is 2.69. The van der Waals surface area contributed by atoms with Crippen molar-refractivity contribution in [2.75, 3.05) is 14.2 Å². The number of halogens is 2. The molecule has 0 aliphatic rings. The van der Waals surface area contributed by atoms with Crippen LogP contribution in [0.5, 0.6) is 5.75 Å². The first-order valence-corrected chi connectivity index (χ1v) is 7.13. The largest absolute Gasteiger partial charge is 0.496 e. The minimum atomic E-state index is -0.415. The molecule has 0 aliphatic carbocycles. The molecule has 0 fully saturated rings. The van der Waals surface area contributed by atoms with Crippen LogP contribution in [0.4, 0.5) is 4.39 Å². The average Bonchev–Trinajstić information content (AvgIpc) is 2.47. The summed E-state index contributed by atoms with van der Waals surface area (Å²) in [5.41, 5.74) is 4.17. The van der Waals surface area contributed by atoms with Gasteiger partial charge in [0.2, 0.25) is 0 Å². The number of rotatable bonds is 4. The van der Waals surface area contributed by atoms with Crippen LogP contribution >= 0.6 is 11.6 Å². The highest BCUT2D eigenvalue weighted by molar-refractivity contribution is 6.30. The van der Waals surface area contributed by atoms with Gasteiger partial charge in [0.05, 0.1) is 18.2 Å². The van der Waals surface area contributed by atoms with Gasteiger partial charge in [-0.3, -0.25) is 0 Å². The summed E-state index contributed by atoms with van der Waals surface area (Å²) in [6.45, 7) is 4.08. The van der Waals surface area contributed by atoms with Crippen molar-refractivity contribution in [3.8, 4) is 5.75 Å². The number of hydrogen-bond acceptors (Lipinski definition) is 2. The van der Waals surface area contributed by atoms with Gasteiger partial charge in [-0.25, -0.2) is 4.39 Å². The van der Waals surface area contributed by atoms with Crippen LogP contribution in [0, 0.1) is 19.7 Å². The van der Waals surface area contributed by atoms with Crippen molar-refractivity contribution in [3.63, 3.8) is 0 Å². The molecular formula is C17H19ClFNO. The van der Waals surface area contributed by atoms with Crippen LogP contribution < -0.4 is 10.1 Å². The average molecular weight is 308 g/mol. The molecular weight excluding hydrogens is 289 g/mol. The Bertz CT molecular complexity index is 657. The topological polar surface area (TPSA) is 21.3 Å². The monoisotopic (exact) mass is 307 g/mol. The van der Waals surface area contributed by atoms with Gasteiger partial charge in [-0.1, -0.05) is 29.8 Å². The van der Waals surface area contributed by atoms with E-state index >= 15 is 0 Å². The van der Waals surface area contributed by atoms with Crippen molar-refractivity contribution >= 4 is 11.6 Å². The van der Waals surface area contributed by atoms with E-state index in [2.05, 4.69) is 11.4 Å². The second-order valence-electron chi connectivity index (χ2n) is 5.03. The lowest BCUT2D eigenvalue weighted by Crippen LogP contribution is -2.19. The third-order valence-corrected chi connectivity index (χ3v) is 4.08. The van der Waals surface area contributed by atoms with E-state index in [0.717, 1.165) is 22.4 Å². The summed E-state index contributed by atoms with van der Waals surface area (Å²) in [7, 11) is 3.52. The number of ether oxygens (including phenoxy) is 1. The normalized spacial score (nSPS) is 12.3. The van der Waals surface area contributed by atoms with Crippen LogP contribution in [-0.2, 0) is 0 Å². The van der Waals surface area contributed by atoms with Crippen molar-refractivity contribution in [3.05, 3.63) is 63.4 Å². The number of benzene rings is 2. The van der Waals surface area contributed by atoms with E-state index in [0.29, 0.717) is 0 Å². The Labute approximate surface area is 129 Å². The summed E-state index contributed by atoms with van der Waals surface area (Å²) in [4.78, 5) is 0. The quantitative estimate of drug-likeness (QED) is 0.903. The van der Waals surface area contributed by atoms with Gasteiger partial charge in [0, 0.05) is 5.56 Å². The molecule has 1 unspecified atom stereocenters. The molecule has 2 aromatic rings. The van der Waals surface area contributed by atoms with E-state index in [1.807, 2.05) is 27.0 Å². The van der Waals surface area contributed by atoms with Gasteiger partial charge in [-0.2, -0.15) is 0 Å². The Balaban J connectivity index is 2.56. The molecule has 0 spiro atoms. The number of aryl methyl sites for hydroxylation is 1. The molecule has 1 N–H and O–H groups in total. The molecule has 2 rings (SSSR count). The predicted octanol–water partition coefficient (Wildman–Crippen LogP) is 4.41. The minimum Gasteiger partial charge on any atom is -0.496 e. The molecule has 0 radical (unpaired) electrons. The molecule has 112 valence electrons. The Morgan fingerprint density at radius 3 is 2.48 bits per heavy atom. The van der Waals surface area contributed by atoms with Crippen LogP contribution in [-0.4, -0.2) is 14.2 Å². The van der Waals surface area contributed by atoms with Gasteiger partial charge in [0.15, 0.2) is 0 Å². The Morgan fingerprint density at radius 1 is 1.19 bits per heavy atom. The molecule has 0 saturated heterocycles. The van der Waals surface area contributed by atoms with Crippen LogP contribution in [0.3, 0.4) is 0 Å². The fourth-order valence-electron chi connectivity index (χ4n) is 2.50. The van der Waals surface area contributed by atoms with E-state index in [1.54, 1.807) is 19.2 Å². The van der Waals surface area contributed by atoms with Crippen molar-refractivity contribution < 1.29 is 9.13 Å². The molecule has 0 aliphatic heterocycles. The maximum atomic E-state index is 13.4. The number of nitrogens with one attached hydrogen (secondary N) is 1. The highest BCUT2D eigenvalue weighted by Gasteiger charge is 2.19. The molecule has 0 bridgehead atoms. The summed E-state index contributed by atoms with van der Waals surface area (Å²) in [6, 6.07) is 8.74. The maximum Gasteiger partial charge on any atom is 0.141 e. The summed E-state index contributed by atoms with van der Waals surface area (Å²) in [5.74, 6) is 0.428. The molecule has 0 heterocycles. The Hall–Kier alpha value is -1.58. The van der Waals surface area contributed by atoms with Crippen molar-refractivity contribution in [2.24, 2.45) is 0 Å². The first-order valence-electron chi connectivity index (χ1n) is 6.76. The van der Waals surface area contributed by atoms with E-state index in [-0.39, 0.29) is 11.1 Å². The van der Waals surface area contributed by atoms with E-state index in [1.165, 1.54) is 11.6 Å². The zero-order chi connectivity index (χ0) is 15.6. The zero-order valence-corrected chi connectivity index (χ0v) is 13.4. The van der Waals surface area contributed by atoms with Crippen LogP contribution in [0.1, 0.15) is 28.3 Å². The first kappa shape index (κ1) is 15.8. The zero-order valence-electron chi connectivity index (χ0n) is 12.6. The standard InChI is InChI=1S/C17H19ClFNO/c1-10-5-7-13(17(21-4)11(10)2)16(20-3)12-6-8-15(19)14(18)9-12/h5-9,16,20H,1-4H3.